The molecule has 2 heterocycles. The van der Waals surface area contributed by atoms with Crippen molar-refractivity contribution in [1.29, 1.82) is 0 Å². The minimum absolute atomic E-state index is 0.00863. The van der Waals surface area contributed by atoms with Gasteiger partial charge < -0.3 is 20.4 Å². The second-order valence-corrected chi connectivity index (χ2v) is 8.91. The highest BCUT2D eigenvalue weighted by Crippen LogP contribution is 2.39. The molecule has 0 radical (unpaired) electrons. The zero-order chi connectivity index (χ0) is 25.2. The summed E-state index contributed by atoms with van der Waals surface area (Å²) in [5.74, 6) is -2.43. The number of anilines is 2. The van der Waals surface area contributed by atoms with Gasteiger partial charge in [-0.1, -0.05) is 6.07 Å². The molecular weight excluding hydrogens is 461 g/mol. The number of alkyl halides is 3. The molecule has 1 aliphatic rings. The number of hydrogen-bond acceptors (Lipinski definition) is 5. The van der Waals surface area contributed by atoms with Gasteiger partial charge in [0.1, 0.15) is 11.3 Å². The number of ether oxygens (including phenoxy) is 1. The van der Waals surface area contributed by atoms with Gasteiger partial charge in [-0.2, -0.15) is 13.2 Å². The molecule has 1 fully saturated rings. The zero-order valence-electron chi connectivity index (χ0n) is 19.5. The number of benzene rings is 1. The molecular formula is C25H27F3N4O3. The van der Waals surface area contributed by atoms with Crippen LogP contribution in [0.2, 0.25) is 0 Å². The highest BCUT2D eigenvalue weighted by Gasteiger charge is 2.42. The number of nitrogens with one attached hydrogen (secondary N) is 3. The van der Waals surface area contributed by atoms with E-state index in [0.717, 1.165) is 22.2 Å². The summed E-state index contributed by atoms with van der Waals surface area (Å²) in [4.78, 5) is 31.6. The number of halogens is 3. The maximum absolute atomic E-state index is 12.9. The average Bonchev–Trinajstić information content (AvgIpc) is 3.27. The van der Waals surface area contributed by atoms with Crippen molar-refractivity contribution in [3.63, 3.8) is 0 Å². The third-order valence-electron chi connectivity index (χ3n) is 6.54. The van der Waals surface area contributed by atoms with E-state index in [1.807, 2.05) is 25.1 Å². The number of nitrogens with zero attached hydrogens (tertiary/aromatic N) is 1. The maximum atomic E-state index is 12.9. The van der Waals surface area contributed by atoms with Gasteiger partial charge in [0.15, 0.2) is 0 Å². The van der Waals surface area contributed by atoms with E-state index in [-0.39, 0.29) is 31.6 Å². The minimum atomic E-state index is -4.19. The van der Waals surface area contributed by atoms with Crippen LogP contribution in [0.4, 0.5) is 24.5 Å². The van der Waals surface area contributed by atoms with Crippen molar-refractivity contribution in [3.05, 3.63) is 53.3 Å². The summed E-state index contributed by atoms with van der Waals surface area (Å²) in [7, 11) is 1.31. The Morgan fingerprint density at radius 3 is 2.54 bits per heavy atom. The summed E-state index contributed by atoms with van der Waals surface area (Å²) in [5.41, 5.74) is 4.22. The molecule has 35 heavy (non-hydrogen) atoms. The summed E-state index contributed by atoms with van der Waals surface area (Å²) in [6, 6.07) is 9.08. The van der Waals surface area contributed by atoms with Gasteiger partial charge in [0.05, 0.1) is 24.9 Å². The van der Waals surface area contributed by atoms with Crippen molar-refractivity contribution in [2.24, 2.45) is 11.8 Å². The number of carbonyl (C=O) groups excluding carboxylic acids is 2. The van der Waals surface area contributed by atoms with Crippen LogP contribution in [-0.4, -0.2) is 35.1 Å². The molecule has 3 aromatic rings. The van der Waals surface area contributed by atoms with Gasteiger partial charge in [0.25, 0.3) is 0 Å². The number of hydrogen-bond donors (Lipinski definition) is 3. The van der Waals surface area contributed by atoms with Crippen LogP contribution in [0.15, 0.2) is 36.5 Å². The molecule has 0 atom stereocenters. The second-order valence-electron chi connectivity index (χ2n) is 8.91. The number of aromatic nitrogens is 2. The first-order valence-corrected chi connectivity index (χ1v) is 11.4. The fourth-order valence-electron chi connectivity index (χ4n) is 4.40. The number of methoxy groups -OCH3 is 1. The van der Waals surface area contributed by atoms with E-state index in [4.69, 9.17) is 4.74 Å². The number of aromatic amines is 1. The predicted molar refractivity (Wildman–Crippen MR) is 126 cm³/mol. The molecule has 4 rings (SSSR count). The Labute approximate surface area is 200 Å². The number of amides is 1. The number of rotatable bonds is 6. The van der Waals surface area contributed by atoms with Crippen LogP contribution in [-0.2, 0) is 16.1 Å². The fraction of sp³-hybridized carbons (Fsp3) is 0.400. The number of esters is 1. The lowest BCUT2D eigenvalue weighted by molar-refractivity contribution is -0.184. The van der Waals surface area contributed by atoms with Crippen LogP contribution in [0.25, 0.3) is 11.0 Å². The molecule has 3 N–H and O–H groups in total. The van der Waals surface area contributed by atoms with Crippen molar-refractivity contribution in [2.75, 3.05) is 17.7 Å². The molecule has 7 nitrogen and oxygen atoms in total. The lowest BCUT2D eigenvalue weighted by Crippen LogP contribution is -2.32. The topological polar surface area (TPSA) is 96.1 Å². The van der Waals surface area contributed by atoms with Crippen molar-refractivity contribution < 1.29 is 27.5 Å². The summed E-state index contributed by atoms with van der Waals surface area (Å²) >= 11 is 0. The largest absolute Gasteiger partial charge is 0.464 e. The van der Waals surface area contributed by atoms with Gasteiger partial charge in [-0.3, -0.25) is 4.79 Å². The second kappa shape index (κ2) is 9.97. The first-order valence-electron chi connectivity index (χ1n) is 11.4. The smallest absolute Gasteiger partial charge is 0.391 e. The van der Waals surface area contributed by atoms with Crippen LogP contribution >= 0.6 is 0 Å². The van der Waals surface area contributed by atoms with Gasteiger partial charge in [0.2, 0.25) is 5.91 Å². The van der Waals surface area contributed by atoms with E-state index < -0.39 is 24.0 Å². The number of carbonyl (C=O) groups is 2. The van der Waals surface area contributed by atoms with E-state index in [1.54, 1.807) is 18.3 Å². The normalized spacial score (nSPS) is 18.3. The van der Waals surface area contributed by atoms with Crippen molar-refractivity contribution in [3.8, 4) is 0 Å². The van der Waals surface area contributed by atoms with Crippen LogP contribution in [0.5, 0.6) is 0 Å². The fourth-order valence-corrected chi connectivity index (χ4v) is 4.40. The Morgan fingerprint density at radius 2 is 1.86 bits per heavy atom. The molecule has 1 amide bonds. The number of H-pyrrole nitrogens is 1. The standard InChI is InChI=1S/C25H27F3N4O3/c1-14-3-8-19(31-23(33)15-4-6-18(7-5-15)25(26,27)28)10-17(14)12-29-20-9-16-11-21(24(34)35-2)32-22(16)30-13-20/h3,8-11,13,15,18,29H,4-7,12H2,1-2H3,(H,30,32)(H,31,33). The summed E-state index contributed by atoms with van der Waals surface area (Å²) in [5, 5.41) is 6.92. The van der Waals surface area contributed by atoms with Crippen LogP contribution in [0.3, 0.4) is 0 Å². The van der Waals surface area contributed by atoms with E-state index >= 15 is 0 Å². The molecule has 0 saturated heterocycles. The summed E-state index contributed by atoms with van der Waals surface area (Å²) in [6.07, 6.45) is -2.08. The van der Waals surface area contributed by atoms with Crippen molar-refractivity contribution in [1.82, 2.24) is 9.97 Å². The van der Waals surface area contributed by atoms with Crippen LogP contribution < -0.4 is 10.6 Å². The maximum Gasteiger partial charge on any atom is 0.391 e. The molecule has 0 bridgehead atoms. The molecule has 2 aromatic heterocycles. The Hall–Kier alpha value is -3.56. The van der Waals surface area contributed by atoms with Crippen LogP contribution in [0, 0.1) is 18.8 Å². The molecule has 1 aromatic carbocycles. The van der Waals surface area contributed by atoms with Gasteiger partial charge in [-0.25, -0.2) is 9.78 Å². The van der Waals surface area contributed by atoms with E-state index in [2.05, 4.69) is 20.6 Å². The molecule has 1 saturated carbocycles. The minimum Gasteiger partial charge on any atom is -0.464 e. The van der Waals surface area contributed by atoms with Crippen molar-refractivity contribution >= 4 is 34.3 Å². The SMILES string of the molecule is COC(=O)c1cc2cc(NCc3cc(NC(=O)C4CCC(C(F)(F)F)CC4)ccc3C)cnc2[nH]1. The molecule has 0 spiro atoms. The van der Waals surface area contributed by atoms with E-state index in [9.17, 15) is 22.8 Å². The van der Waals surface area contributed by atoms with Crippen LogP contribution in [0.1, 0.15) is 47.3 Å². The number of aryl methyl sites for hydroxylation is 1. The average molecular weight is 489 g/mol. The Morgan fingerprint density at radius 1 is 1.11 bits per heavy atom. The number of pyridine rings is 1. The lowest BCUT2D eigenvalue weighted by Gasteiger charge is -2.29. The summed E-state index contributed by atoms with van der Waals surface area (Å²) in [6.45, 7) is 2.42. The quantitative estimate of drug-likeness (QED) is 0.394. The summed E-state index contributed by atoms with van der Waals surface area (Å²) < 4.78 is 43.4. The molecule has 186 valence electrons. The van der Waals surface area contributed by atoms with Crippen molar-refractivity contribution in [2.45, 2.75) is 45.3 Å². The highest BCUT2D eigenvalue weighted by molar-refractivity contribution is 5.94. The molecule has 0 unspecified atom stereocenters. The highest BCUT2D eigenvalue weighted by atomic mass is 19.4. The monoisotopic (exact) mass is 488 g/mol. The lowest BCUT2D eigenvalue weighted by atomic mass is 9.81. The number of fused-ring (bicyclic) bond motifs is 1. The Bertz CT molecular complexity index is 1230. The zero-order valence-corrected chi connectivity index (χ0v) is 19.5. The molecule has 0 aliphatic heterocycles. The van der Waals surface area contributed by atoms with E-state index in [1.165, 1.54) is 7.11 Å². The first kappa shape index (κ1) is 24.6. The van der Waals surface area contributed by atoms with Gasteiger partial charge in [-0.15, -0.1) is 0 Å². The predicted octanol–water partition coefficient (Wildman–Crippen LogP) is 5.58. The third-order valence-corrected chi connectivity index (χ3v) is 6.54. The molecule has 1 aliphatic carbocycles. The molecule has 10 heteroatoms. The van der Waals surface area contributed by atoms with Gasteiger partial charge in [-0.05, 0) is 68.0 Å². The first-order chi connectivity index (χ1) is 16.6. The van der Waals surface area contributed by atoms with Gasteiger partial charge in [0, 0.05) is 23.5 Å². The van der Waals surface area contributed by atoms with Gasteiger partial charge >= 0.3 is 12.1 Å². The third kappa shape index (κ3) is 5.75. The van der Waals surface area contributed by atoms with E-state index in [0.29, 0.717) is 23.6 Å². The Kier molecular flexibility index (Phi) is 7.00. The Balaban J connectivity index is 1.38.